The normalized spacial score (nSPS) is 12.8. The van der Waals surface area contributed by atoms with Crippen molar-refractivity contribution >= 4 is 29.9 Å². The standard InChI is InChI=1S/C25H20N2O5/c1-31-22-16-17(9-11-18-6-4-5-14-26-18)10-12-21(22)32-23(28)13-15-27-24(29)19-7-2-3-8-20(19)25(27)30/h2-12,14,16H,13,15H2,1H3/b11-9+. The number of hydrogen-bond acceptors (Lipinski definition) is 6. The molecule has 0 N–H and O–H groups in total. The SMILES string of the molecule is COc1cc(/C=C/c2ccccn2)ccc1OC(=O)CCN1C(=O)c2ccccc2C1=O. The van der Waals surface area contributed by atoms with Crippen molar-refractivity contribution in [3.05, 3.63) is 89.2 Å². The predicted octanol–water partition coefficient (Wildman–Crippen LogP) is 3.85. The van der Waals surface area contributed by atoms with Crippen LogP contribution in [0.25, 0.3) is 12.2 Å². The lowest BCUT2D eigenvalue weighted by molar-refractivity contribution is -0.134. The number of ether oxygens (including phenoxy) is 2. The van der Waals surface area contributed by atoms with Gasteiger partial charge < -0.3 is 9.47 Å². The van der Waals surface area contributed by atoms with Gasteiger partial charge in [-0.1, -0.05) is 30.3 Å². The summed E-state index contributed by atoms with van der Waals surface area (Å²) in [5.74, 6) is -0.728. The smallest absolute Gasteiger partial charge is 0.313 e. The molecule has 0 radical (unpaired) electrons. The van der Waals surface area contributed by atoms with Crippen LogP contribution in [0.5, 0.6) is 11.5 Å². The number of pyridine rings is 1. The van der Waals surface area contributed by atoms with Crippen LogP contribution in [-0.2, 0) is 4.79 Å². The monoisotopic (exact) mass is 428 g/mol. The molecule has 1 aromatic heterocycles. The fourth-order valence-corrected chi connectivity index (χ4v) is 3.35. The Morgan fingerprint density at radius 3 is 2.31 bits per heavy atom. The summed E-state index contributed by atoms with van der Waals surface area (Å²) in [5.41, 5.74) is 2.36. The van der Waals surface area contributed by atoms with Crippen LogP contribution in [0, 0.1) is 0 Å². The van der Waals surface area contributed by atoms with Crippen LogP contribution >= 0.6 is 0 Å². The van der Waals surface area contributed by atoms with Gasteiger partial charge in [-0.25, -0.2) is 0 Å². The van der Waals surface area contributed by atoms with Gasteiger partial charge in [0.1, 0.15) is 0 Å². The number of aromatic nitrogens is 1. The zero-order valence-corrected chi connectivity index (χ0v) is 17.4. The molecule has 2 heterocycles. The summed E-state index contributed by atoms with van der Waals surface area (Å²) in [7, 11) is 1.48. The Morgan fingerprint density at radius 2 is 1.66 bits per heavy atom. The van der Waals surface area contributed by atoms with Crippen molar-refractivity contribution in [2.45, 2.75) is 6.42 Å². The summed E-state index contributed by atoms with van der Waals surface area (Å²) in [6.07, 6.45) is 5.32. The second-order valence-electron chi connectivity index (χ2n) is 7.03. The number of amides is 2. The number of benzene rings is 2. The number of esters is 1. The molecule has 0 bridgehead atoms. The van der Waals surface area contributed by atoms with Crippen LogP contribution in [0.3, 0.4) is 0 Å². The summed E-state index contributed by atoms with van der Waals surface area (Å²) < 4.78 is 10.8. The van der Waals surface area contributed by atoms with E-state index in [0.717, 1.165) is 16.2 Å². The molecule has 2 aromatic carbocycles. The van der Waals surface area contributed by atoms with Gasteiger partial charge >= 0.3 is 5.97 Å². The average molecular weight is 428 g/mol. The molecular formula is C25H20N2O5. The summed E-state index contributed by atoms with van der Waals surface area (Å²) in [4.78, 5) is 42.5. The molecule has 0 atom stereocenters. The number of imide groups is 1. The first-order valence-corrected chi connectivity index (χ1v) is 10.00. The third kappa shape index (κ3) is 4.41. The first-order valence-electron chi connectivity index (χ1n) is 10.00. The molecule has 0 aliphatic carbocycles. The number of rotatable bonds is 7. The summed E-state index contributed by atoms with van der Waals surface area (Å²) in [5, 5.41) is 0. The van der Waals surface area contributed by atoms with Crippen LogP contribution in [0.4, 0.5) is 0 Å². The fraction of sp³-hybridized carbons (Fsp3) is 0.120. The van der Waals surface area contributed by atoms with Crippen molar-refractivity contribution in [3.8, 4) is 11.5 Å². The molecule has 1 aliphatic heterocycles. The molecule has 0 spiro atoms. The van der Waals surface area contributed by atoms with Gasteiger partial charge in [-0.3, -0.25) is 24.3 Å². The maximum Gasteiger partial charge on any atom is 0.313 e. The number of carbonyl (C=O) groups excluding carboxylic acids is 3. The molecular weight excluding hydrogens is 408 g/mol. The molecule has 0 saturated heterocycles. The van der Waals surface area contributed by atoms with E-state index in [1.165, 1.54) is 7.11 Å². The zero-order valence-electron chi connectivity index (χ0n) is 17.4. The Hall–Kier alpha value is -4.26. The highest BCUT2D eigenvalue weighted by molar-refractivity contribution is 6.21. The molecule has 0 saturated carbocycles. The van der Waals surface area contributed by atoms with E-state index in [1.807, 2.05) is 30.4 Å². The number of hydrogen-bond donors (Lipinski definition) is 0. The van der Waals surface area contributed by atoms with Gasteiger partial charge in [-0.15, -0.1) is 0 Å². The molecule has 0 fully saturated rings. The van der Waals surface area contributed by atoms with Crippen molar-refractivity contribution in [2.75, 3.05) is 13.7 Å². The van der Waals surface area contributed by atoms with Crippen molar-refractivity contribution in [1.82, 2.24) is 9.88 Å². The van der Waals surface area contributed by atoms with Gasteiger partial charge in [0.2, 0.25) is 0 Å². The molecule has 2 amide bonds. The van der Waals surface area contributed by atoms with Crippen LogP contribution < -0.4 is 9.47 Å². The topological polar surface area (TPSA) is 85.8 Å². The highest BCUT2D eigenvalue weighted by Crippen LogP contribution is 2.29. The minimum atomic E-state index is -0.573. The van der Waals surface area contributed by atoms with Crippen LogP contribution in [0.2, 0.25) is 0 Å². The van der Waals surface area contributed by atoms with E-state index in [2.05, 4.69) is 4.98 Å². The van der Waals surface area contributed by atoms with Gasteiger partial charge in [0.15, 0.2) is 11.5 Å². The van der Waals surface area contributed by atoms with Gasteiger partial charge in [-0.05, 0) is 48.0 Å². The number of methoxy groups -OCH3 is 1. The van der Waals surface area contributed by atoms with Gasteiger partial charge in [0, 0.05) is 12.7 Å². The molecule has 7 heteroatoms. The highest BCUT2D eigenvalue weighted by atomic mass is 16.6. The van der Waals surface area contributed by atoms with Crippen molar-refractivity contribution in [3.63, 3.8) is 0 Å². The maximum atomic E-state index is 12.4. The lowest BCUT2D eigenvalue weighted by Crippen LogP contribution is -2.32. The van der Waals surface area contributed by atoms with Gasteiger partial charge in [0.25, 0.3) is 11.8 Å². The van der Waals surface area contributed by atoms with E-state index in [9.17, 15) is 14.4 Å². The average Bonchev–Trinajstić information content (AvgIpc) is 3.07. The molecule has 0 unspecified atom stereocenters. The molecule has 7 nitrogen and oxygen atoms in total. The lowest BCUT2D eigenvalue weighted by atomic mass is 10.1. The Balaban J connectivity index is 1.38. The molecule has 1 aliphatic rings. The van der Waals surface area contributed by atoms with E-state index in [4.69, 9.17) is 9.47 Å². The third-order valence-corrected chi connectivity index (χ3v) is 4.96. The zero-order chi connectivity index (χ0) is 22.5. The van der Waals surface area contributed by atoms with Crippen LogP contribution in [0.1, 0.15) is 38.4 Å². The van der Waals surface area contributed by atoms with Crippen molar-refractivity contribution in [1.29, 1.82) is 0 Å². The Morgan fingerprint density at radius 1 is 0.938 bits per heavy atom. The second-order valence-corrected chi connectivity index (χ2v) is 7.03. The third-order valence-electron chi connectivity index (χ3n) is 4.96. The summed E-state index contributed by atoms with van der Waals surface area (Å²) in [6.45, 7) is -0.0572. The minimum absolute atomic E-state index is 0.0572. The van der Waals surface area contributed by atoms with Crippen LogP contribution in [0.15, 0.2) is 66.9 Å². The summed E-state index contributed by atoms with van der Waals surface area (Å²) >= 11 is 0. The highest BCUT2D eigenvalue weighted by Gasteiger charge is 2.35. The van der Waals surface area contributed by atoms with E-state index in [-0.39, 0.29) is 18.7 Å². The molecule has 4 rings (SSSR count). The van der Waals surface area contributed by atoms with Crippen molar-refractivity contribution in [2.24, 2.45) is 0 Å². The molecule has 160 valence electrons. The largest absolute Gasteiger partial charge is 0.493 e. The van der Waals surface area contributed by atoms with Gasteiger partial charge in [-0.2, -0.15) is 0 Å². The summed E-state index contributed by atoms with van der Waals surface area (Å²) in [6, 6.07) is 17.4. The lowest BCUT2D eigenvalue weighted by Gasteiger charge is -2.14. The second kappa shape index (κ2) is 9.26. The quantitative estimate of drug-likeness (QED) is 0.323. The number of fused-ring (bicyclic) bond motifs is 1. The van der Waals surface area contributed by atoms with E-state index < -0.39 is 17.8 Å². The number of nitrogens with zero attached hydrogens (tertiary/aromatic N) is 2. The first-order chi connectivity index (χ1) is 15.6. The number of carbonyl (C=O) groups is 3. The molecule has 3 aromatic rings. The maximum absolute atomic E-state index is 12.4. The first kappa shape index (κ1) is 21.0. The molecule has 32 heavy (non-hydrogen) atoms. The Kier molecular flexibility index (Phi) is 6.07. The van der Waals surface area contributed by atoms with Crippen LogP contribution in [-0.4, -0.2) is 41.3 Å². The Bertz CT molecular complexity index is 1170. The minimum Gasteiger partial charge on any atom is -0.493 e. The predicted molar refractivity (Wildman–Crippen MR) is 118 cm³/mol. The van der Waals surface area contributed by atoms with Gasteiger partial charge in [0.05, 0.1) is 30.4 Å². The van der Waals surface area contributed by atoms with E-state index in [0.29, 0.717) is 16.9 Å². The Labute approximate surface area is 184 Å². The van der Waals surface area contributed by atoms with E-state index >= 15 is 0 Å². The van der Waals surface area contributed by atoms with E-state index in [1.54, 1.807) is 48.7 Å². The van der Waals surface area contributed by atoms with Crippen molar-refractivity contribution < 1.29 is 23.9 Å². The fourth-order valence-electron chi connectivity index (χ4n) is 3.35.